The summed E-state index contributed by atoms with van der Waals surface area (Å²) in [5, 5.41) is 0.622. The van der Waals surface area contributed by atoms with Crippen molar-refractivity contribution >= 4 is 51.7 Å². The Morgan fingerprint density at radius 1 is 0.964 bits per heavy atom. The SMILES string of the molecule is O=C(CCn1cnc2ccccc21)N1c2ccccc2Sc2ccc(Cl)cc21. The largest absolute Gasteiger partial charge is 0.330 e. The zero-order valence-electron chi connectivity index (χ0n) is 14.9. The van der Waals surface area contributed by atoms with Crippen molar-refractivity contribution in [1.29, 1.82) is 0 Å². The number of rotatable bonds is 3. The summed E-state index contributed by atoms with van der Waals surface area (Å²) in [6.07, 6.45) is 2.16. The Hall–Kier alpha value is -2.76. The molecule has 28 heavy (non-hydrogen) atoms. The molecule has 2 heterocycles. The molecular formula is C22H16ClN3OS. The monoisotopic (exact) mass is 405 g/mol. The Labute approximate surface area is 171 Å². The van der Waals surface area contributed by atoms with E-state index in [-0.39, 0.29) is 5.91 Å². The highest BCUT2D eigenvalue weighted by Crippen LogP contribution is 2.48. The van der Waals surface area contributed by atoms with E-state index in [0.717, 1.165) is 32.2 Å². The lowest BCUT2D eigenvalue weighted by Crippen LogP contribution is -2.29. The van der Waals surface area contributed by atoms with Crippen LogP contribution in [0.4, 0.5) is 11.4 Å². The minimum Gasteiger partial charge on any atom is -0.330 e. The average molecular weight is 406 g/mol. The number of para-hydroxylation sites is 3. The van der Waals surface area contributed by atoms with Crippen molar-refractivity contribution in [3.8, 4) is 0 Å². The van der Waals surface area contributed by atoms with E-state index in [2.05, 4.69) is 4.98 Å². The van der Waals surface area contributed by atoms with Crippen molar-refractivity contribution in [2.24, 2.45) is 0 Å². The van der Waals surface area contributed by atoms with Crippen LogP contribution in [0, 0.1) is 0 Å². The third-order valence-corrected chi connectivity index (χ3v) is 6.20. The van der Waals surface area contributed by atoms with E-state index in [1.54, 1.807) is 23.0 Å². The predicted octanol–water partition coefficient (Wildman–Crippen LogP) is 5.91. The van der Waals surface area contributed by atoms with E-state index in [4.69, 9.17) is 11.6 Å². The maximum absolute atomic E-state index is 13.3. The Balaban J connectivity index is 1.48. The lowest BCUT2D eigenvalue weighted by molar-refractivity contribution is -0.118. The van der Waals surface area contributed by atoms with Crippen LogP contribution >= 0.6 is 23.4 Å². The average Bonchev–Trinajstić information content (AvgIpc) is 3.13. The summed E-state index contributed by atoms with van der Waals surface area (Å²) < 4.78 is 2.02. The minimum atomic E-state index is 0.0362. The first-order chi connectivity index (χ1) is 13.7. The number of anilines is 2. The number of carbonyl (C=O) groups excluding carboxylic acids is 1. The third-order valence-electron chi connectivity index (χ3n) is 4.83. The lowest BCUT2D eigenvalue weighted by Gasteiger charge is -2.31. The smallest absolute Gasteiger partial charge is 0.233 e. The molecule has 0 bridgehead atoms. The van der Waals surface area contributed by atoms with Crippen LogP contribution in [0.15, 0.2) is 82.8 Å². The summed E-state index contributed by atoms with van der Waals surface area (Å²) in [5.41, 5.74) is 3.72. The van der Waals surface area contributed by atoms with E-state index in [1.807, 2.05) is 71.3 Å². The van der Waals surface area contributed by atoms with Crippen molar-refractivity contribution in [2.45, 2.75) is 22.8 Å². The van der Waals surface area contributed by atoms with Crippen LogP contribution in [0.1, 0.15) is 6.42 Å². The van der Waals surface area contributed by atoms with Gasteiger partial charge in [0.15, 0.2) is 0 Å². The van der Waals surface area contributed by atoms with Crippen LogP contribution in [0.25, 0.3) is 11.0 Å². The Kier molecular flexibility index (Phi) is 4.34. The van der Waals surface area contributed by atoms with Crippen molar-refractivity contribution in [3.63, 3.8) is 0 Å². The number of nitrogens with zero attached hydrogens (tertiary/aromatic N) is 3. The number of halogens is 1. The van der Waals surface area contributed by atoms with Gasteiger partial charge in [-0.05, 0) is 42.5 Å². The highest BCUT2D eigenvalue weighted by Gasteiger charge is 2.28. The molecule has 138 valence electrons. The topological polar surface area (TPSA) is 38.1 Å². The third kappa shape index (κ3) is 2.97. The molecule has 0 spiro atoms. The van der Waals surface area contributed by atoms with Crippen molar-refractivity contribution in [3.05, 3.63) is 78.1 Å². The van der Waals surface area contributed by atoms with Crippen LogP contribution in [0.2, 0.25) is 5.02 Å². The Bertz CT molecular complexity index is 1200. The van der Waals surface area contributed by atoms with Crippen LogP contribution in [-0.4, -0.2) is 15.5 Å². The first-order valence-electron chi connectivity index (χ1n) is 9.00. The highest BCUT2D eigenvalue weighted by molar-refractivity contribution is 7.99. The Morgan fingerprint density at radius 3 is 2.68 bits per heavy atom. The summed E-state index contributed by atoms with van der Waals surface area (Å²) in [6.45, 7) is 0.570. The van der Waals surface area contributed by atoms with E-state index in [9.17, 15) is 4.79 Å². The van der Waals surface area contributed by atoms with E-state index < -0.39 is 0 Å². The number of imidazole rings is 1. The molecular weight excluding hydrogens is 390 g/mol. The molecule has 5 rings (SSSR count). The molecule has 3 aromatic carbocycles. The van der Waals surface area contributed by atoms with E-state index in [0.29, 0.717) is 18.0 Å². The summed E-state index contributed by atoms with van der Waals surface area (Å²) >= 11 is 7.90. The molecule has 0 fully saturated rings. The second kappa shape index (κ2) is 7.00. The molecule has 6 heteroatoms. The van der Waals surface area contributed by atoms with Gasteiger partial charge in [-0.1, -0.05) is 47.6 Å². The molecule has 1 amide bonds. The number of benzene rings is 3. The summed E-state index contributed by atoms with van der Waals surface area (Å²) in [6, 6.07) is 21.6. The summed E-state index contributed by atoms with van der Waals surface area (Å²) in [4.78, 5) is 21.6. The normalized spacial score (nSPS) is 12.7. The first kappa shape index (κ1) is 17.3. The minimum absolute atomic E-state index is 0.0362. The fourth-order valence-electron chi connectivity index (χ4n) is 3.51. The standard InChI is InChI=1S/C22H16ClN3OS/c23-15-9-10-21-19(13-15)26(18-7-3-4-8-20(18)28-21)22(27)11-12-25-14-24-16-5-1-2-6-17(16)25/h1-10,13-14H,11-12H2. The van der Waals surface area contributed by atoms with Gasteiger partial charge >= 0.3 is 0 Å². The molecule has 0 atom stereocenters. The van der Waals surface area contributed by atoms with Gasteiger partial charge in [0, 0.05) is 27.8 Å². The number of carbonyl (C=O) groups is 1. The summed E-state index contributed by atoms with van der Waals surface area (Å²) in [5.74, 6) is 0.0362. The molecule has 1 aromatic heterocycles. The second-order valence-electron chi connectivity index (χ2n) is 6.59. The zero-order chi connectivity index (χ0) is 19.1. The molecule has 0 saturated carbocycles. The van der Waals surface area contributed by atoms with Gasteiger partial charge in [0.05, 0.1) is 28.7 Å². The zero-order valence-corrected chi connectivity index (χ0v) is 16.5. The number of aromatic nitrogens is 2. The van der Waals surface area contributed by atoms with E-state index >= 15 is 0 Å². The van der Waals surface area contributed by atoms with Gasteiger partial charge in [-0.25, -0.2) is 4.98 Å². The maximum Gasteiger partial charge on any atom is 0.233 e. The number of fused-ring (bicyclic) bond motifs is 3. The van der Waals surface area contributed by atoms with Crippen molar-refractivity contribution in [1.82, 2.24) is 9.55 Å². The van der Waals surface area contributed by atoms with Gasteiger partial charge in [0.1, 0.15) is 0 Å². The van der Waals surface area contributed by atoms with Gasteiger partial charge in [0.25, 0.3) is 0 Å². The molecule has 1 aliphatic rings. The van der Waals surface area contributed by atoms with Gasteiger partial charge in [-0.2, -0.15) is 0 Å². The molecule has 0 radical (unpaired) electrons. The molecule has 4 nitrogen and oxygen atoms in total. The van der Waals surface area contributed by atoms with Crippen molar-refractivity contribution in [2.75, 3.05) is 4.90 Å². The second-order valence-corrected chi connectivity index (χ2v) is 8.11. The Morgan fingerprint density at radius 2 is 1.75 bits per heavy atom. The van der Waals surface area contributed by atoms with Gasteiger partial charge in [-0.3, -0.25) is 9.69 Å². The van der Waals surface area contributed by atoms with Crippen molar-refractivity contribution < 1.29 is 4.79 Å². The quantitative estimate of drug-likeness (QED) is 0.425. The van der Waals surface area contributed by atoms with Crippen LogP contribution in [0.5, 0.6) is 0 Å². The lowest BCUT2D eigenvalue weighted by atomic mass is 10.2. The first-order valence-corrected chi connectivity index (χ1v) is 10.2. The molecule has 0 saturated heterocycles. The highest BCUT2D eigenvalue weighted by atomic mass is 35.5. The van der Waals surface area contributed by atoms with Crippen LogP contribution < -0.4 is 4.90 Å². The molecule has 1 aliphatic heterocycles. The molecule has 4 aromatic rings. The van der Waals surface area contributed by atoms with Gasteiger partial charge < -0.3 is 4.57 Å². The number of hydrogen-bond donors (Lipinski definition) is 0. The van der Waals surface area contributed by atoms with E-state index in [1.165, 1.54) is 0 Å². The van der Waals surface area contributed by atoms with Crippen LogP contribution in [-0.2, 0) is 11.3 Å². The molecule has 0 N–H and O–H groups in total. The molecule has 0 unspecified atom stereocenters. The number of aryl methyl sites for hydroxylation is 1. The van der Waals surface area contributed by atoms with Gasteiger partial charge in [0.2, 0.25) is 5.91 Å². The predicted molar refractivity (Wildman–Crippen MR) is 114 cm³/mol. The number of amides is 1. The summed E-state index contributed by atoms with van der Waals surface area (Å²) in [7, 11) is 0. The number of hydrogen-bond acceptors (Lipinski definition) is 3. The van der Waals surface area contributed by atoms with Crippen LogP contribution in [0.3, 0.4) is 0 Å². The maximum atomic E-state index is 13.3. The molecule has 0 aliphatic carbocycles. The fourth-order valence-corrected chi connectivity index (χ4v) is 4.72. The fraction of sp³-hybridized carbons (Fsp3) is 0.0909. The van der Waals surface area contributed by atoms with Gasteiger partial charge in [-0.15, -0.1) is 0 Å².